The van der Waals surface area contributed by atoms with Crippen LogP contribution in [0.1, 0.15) is 13.3 Å². The Balaban J connectivity index is 2.06. The van der Waals surface area contributed by atoms with Gasteiger partial charge in [0.1, 0.15) is 5.82 Å². The molecule has 5 nitrogen and oxygen atoms in total. The molecule has 1 aliphatic heterocycles. The molecule has 0 saturated carbocycles. The Kier molecular flexibility index (Phi) is 3.46. The highest BCUT2D eigenvalue weighted by molar-refractivity contribution is 5.73. The van der Waals surface area contributed by atoms with Gasteiger partial charge in [-0.25, -0.2) is 4.98 Å². The van der Waals surface area contributed by atoms with Crippen LogP contribution >= 0.6 is 0 Å². The normalized spacial score (nSPS) is 16.8. The topological polar surface area (TPSA) is 62.5 Å². The molecule has 2 heterocycles. The van der Waals surface area contributed by atoms with Gasteiger partial charge in [-0.15, -0.1) is 0 Å². The molecule has 0 unspecified atom stereocenters. The largest absolute Gasteiger partial charge is 0.399 e. The summed E-state index contributed by atoms with van der Waals surface area (Å²) >= 11 is 0. The number of amides is 1. The Labute approximate surface area is 101 Å². The molecule has 0 aromatic carbocycles. The van der Waals surface area contributed by atoms with Gasteiger partial charge in [-0.1, -0.05) is 0 Å². The van der Waals surface area contributed by atoms with Gasteiger partial charge in [0.15, 0.2) is 0 Å². The quantitative estimate of drug-likeness (QED) is 0.778. The van der Waals surface area contributed by atoms with Crippen molar-refractivity contribution in [1.82, 2.24) is 9.88 Å². The maximum atomic E-state index is 11.3. The van der Waals surface area contributed by atoms with Gasteiger partial charge in [-0.05, 0) is 12.5 Å². The lowest BCUT2D eigenvalue weighted by atomic mass is 10.3. The Morgan fingerprint density at radius 2 is 2.18 bits per heavy atom. The van der Waals surface area contributed by atoms with E-state index in [1.807, 2.05) is 11.0 Å². The van der Waals surface area contributed by atoms with Crippen molar-refractivity contribution in [3.8, 4) is 0 Å². The third-order valence-corrected chi connectivity index (χ3v) is 3.03. The molecule has 1 fully saturated rings. The average molecular weight is 234 g/mol. The monoisotopic (exact) mass is 234 g/mol. The SMILES string of the molecule is CC(=O)N1CCCN(c2cc(N)ccn2)CC1. The van der Waals surface area contributed by atoms with E-state index in [4.69, 9.17) is 5.73 Å². The van der Waals surface area contributed by atoms with Crippen LogP contribution in [0, 0.1) is 0 Å². The molecular weight excluding hydrogens is 216 g/mol. The average Bonchev–Trinajstić information content (AvgIpc) is 2.54. The van der Waals surface area contributed by atoms with E-state index in [0.29, 0.717) is 0 Å². The number of carbonyl (C=O) groups is 1. The minimum atomic E-state index is 0.146. The summed E-state index contributed by atoms with van der Waals surface area (Å²) in [6, 6.07) is 3.66. The maximum absolute atomic E-state index is 11.3. The van der Waals surface area contributed by atoms with Gasteiger partial charge in [0, 0.05) is 51.1 Å². The van der Waals surface area contributed by atoms with Crippen LogP contribution in [-0.4, -0.2) is 42.0 Å². The molecule has 1 aliphatic rings. The first-order chi connectivity index (χ1) is 8.16. The summed E-state index contributed by atoms with van der Waals surface area (Å²) in [5.74, 6) is 1.04. The first-order valence-electron chi connectivity index (χ1n) is 5.89. The standard InChI is InChI=1S/C12H18N4O/c1-10(17)15-5-2-6-16(8-7-15)12-9-11(13)3-4-14-12/h3-4,9H,2,5-8H2,1H3,(H2,13,14). The second-order valence-electron chi connectivity index (χ2n) is 4.29. The molecule has 5 heteroatoms. The third kappa shape index (κ3) is 2.87. The number of carbonyl (C=O) groups excluding carboxylic acids is 1. The molecule has 2 N–H and O–H groups in total. The van der Waals surface area contributed by atoms with Crippen molar-refractivity contribution >= 4 is 17.4 Å². The Hall–Kier alpha value is -1.78. The third-order valence-electron chi connectivity index (χ3n) is 3.03. The van der Waals surface area contributed by atoms with E-state index in [2.05, 4.69) is 9.88 Å². The van der Waals surface area contributed by atoms with Crippen LogP contribution in [0.5, 0.6) is 0 Å². The molecule has 1 saturated heterocycles. The van der Waals surface area contributed by atoms with Crippen LogP contribution < -0.4 is 10.6 Å². The van der Waals surface area contributed by atoms with Gasteiger partial charge in [-0.3, -0.25) is 4.79 Å². The van der Waals surface area contributed by atoms with Crippen molar-refractivity contribution in [3.05, 3.63) is 18.3 Å². The van der Waals surface area contributed by atoms with Crippen molar-refractivity contribution in [2.24, 2.45) is 0 Å². The Morgan fingerprint density at radius 1 is 1.35 bits per heavy atom. The summed E-state index contributed by atoms with van der Waals surface area (Å²) < 4.78 is 0. The summed E-state index contributed by atoms with van der Waals surface area (Å²) in [4.78, 5) is 19.7. The van der Waals surface area contributed by atoms with Crippen LogP contribution in [0.25, 0.3) is 0 Å². The van der Waals surface area contributed by atoms with Crippen LogP contribution in [0.15, 0.2) is 18.3 Å². The van der Waals surface area contributed by atoms with E-state index in [9.17, 15) is 4.79 Å². The van der Waals surface area contributed by atoms with Crippen molar-refractivity contribution in [1.29, 1.82) is 0 Å². The molecule has 0 atom stereocenters. The van der Waals surface area contributed by atoms with E-state index in [1.165, 1.54) is 0 Å². The van der Waals surface area contributed by atoms with Crippen molar-refractivity contribution < 1.29 is 4.79 Å². The van der Waals surface area contributed by atoms with Crippen LogP contribution in [-0.2, 0) is 4.79 Å². The fourth-order valence-electron chi connectivity index (χ4n) is 2.07. The molecule has 92 valence electrons. The smallest absolute Gasteiger partial charge is 0.219 e. The number of nitrogens with two attached hydrogens (primary N) is 1. The highest BCUT2D eigenvalue weighted by Gasteiger charge is 2.17. The number of hydrogen-bond donors (Lipinski definition) is 1. The van der Waals surface area contributed by atoms with Crippen molar-refractivity contribution in [3.63, 3.8) is 0 Å². The minimum Gasteiger partial charge on any atom is -0.399 e. The number of nitrogen functional groups attached to an aromatic ring is 1. The van der Waals surface area contributed by atoms with E-state index in [0.717, 1.165) is 44.1 Å². The predicted molar refractivity (Wildman–Crippen MR) is 67.7 cm³/mol. The molecule has 1 aromatic rings. The second-order valence-corrected chi connectivity index (χ2v) is 4.29. The van der Waals surface area contributed by atoms with Crippen molar-refractivity contribution in [2.45, 2.75) is 13.3 Å². The van der Waals surface area contributed by atoms with Crippen LogP contribution in [0.2, 0.25) is 0 Å². The molecular formula is C12H18N4O. The van der Waals surface area contributed by atoms with Gasteiger partial charge >= 0.3 is 0 Å². The van der Waals surface area contributed by atoms with Gasteiger partial charge < -0.3 is 15.5 Å². The number of rotatable bonds is 1. The summed E-state index contributed by atoms with van der Waals surface area (Å²) in [5.41, 5.74) is 6.47. The van der Waals surface area contributed by atoms with E-state index in [-0.39, 0.29) is 5.91 Å². The molecule has 0 aliphatic carbocycles. The lowest BCUT2D eigenvalue weighted by molar-refractivity contribution is -0.128. The zero-order valence-corrected chi connectivity index (χ0v) is 10.1. The summed E-state index contributed by atoms with van der Waals surface area (Å²) in [6.45, 7) is 4.94. The molecule has 1 aromatic heterocycles. The number of nitrogens with zero attached hydrogens (tertiary/aromatic N) is 3. The van der Waals surface area contributed by atoms with Crippen LogP contribution in [0.3, 0.4) is 0 Å². The van der Waals surface area contributed by atoms with Crippen molar-refractivity contribution in [2.75, 3.05) is 36.8 Å². The summed E-state index contributed by atoms with van der Waals surface area (Å²) in [6.07, 6.45) is 2.69. The predicted octanol–water partition coefficient (Wildman–Crippen LogP) is 0.722. The van der Waals surface area contributed by atoms with Gasteiger partial charge in [0.2, 0.25) is 5.91 Å². The Morgan fingerprint density at radius 3 is 2.88 bits per heavy atom. The highest BCUT2D eigenvalue weighted by Crippen LogP contribution is 2.16. The number of anilines is 2. The van der Waals surface area contributed by atoms with Gasteiger partial charge in [-0.2, -0.15) is 0 Å². The first kappa shape index (κ1) is 11.7. The number of aromatic nitrogens is 1. The second kappa shape index (κ2) is 5.03. The zero-order chi connectivity index (χ0) is 12.3. The number of pyridine rings is 1. The van der Waals surface area contributed by atoms with E-state index in [1.54, 1.807) is 19.2 Å². The fourth-order valence-corrected chi connectivity index (χ4v) is 2.07. The molecule has 0 spiro atoms. The minimum absolute atomic E-state index is 0.146. The first-order valence-corrected chi connectivity index (χ1v) is 5.89. The van der Waals surface area contributed by atoms with Crippen LogP contribution in [0.4, 0.5) is 11.5 Å². The van der Waals surface area contributed by atoms with Gasteiger partial charge in [0.05, 0.1) is 0 Å². The van der Waals surface area contributed by atoms with E-state index < -0.39 is 0 Å². The molecule has 17 heavy (non-hydrogen) atoms. The maximum Gasteiger partial charge on any atom is 0.219 e. The molecule has 0 bridgehead atoms. The molecule has 2 rings (SSSR count). The fraction of sp³-hybridized carbons (Fsp3) is 0.500. The highest BCUT2D eigenvalue weighted by atomic mass is 16.2. The Bertz CT molecular complexity index is 407. The molecule has 0 radical (unpaired) electrons. The zero-order valence-electron chi connectivity index (χ0n) is 10.1. The van der Waals surface area contributed by atoms with Gasteiger partial charge in [0.25, 0.3) is 0 Å². The lowest BCUT2D eigenvalue weighted by Crippen LogP contribution is -2.33. The summed E-state index contributed by atoms with van der Waals surface area (Å²) in [7, 11) is 0. The summed E-state index contributed by atoms with van der Waals surface area (Å²) in [5, 5.41) is 0. The van der Waals surface area contributed by atoms with E-state index >= 15 is 0 Å². The molecule has 1 amide bonds. The lowest BCUT2D eigenvalue weighted by Gasteiger charge is -2.22. The number of hydrogen-bond acceptors (Lipinski definition) is 4.